The molecular weight excluding hydrogens is 441 g/mol. The van der Waals surface area contributed by atoms with E-state index in [0.29, 0.717) is 24.2 Å². The molecule has 3 rings (SSSR count). The van der Waals surface area contributed by atoms with Crippen LogP contribution in [0, 0.1) is 7.43 Å². The number of carbonyl (C=O) groups is 2. The molecule has 1 radical (unpaired) electrons. The number of ketones is 2. The molecule has 1 heterocycles. The second kappa shape index (κ2) is 15.2. The number of carbonyl (C=O) groups excluding carboxylic acids is 2. The predicted octanol–water partition coefficient (Wildman–Crippen LogP) is 2.85. The van der Waals surface area contributed by atoms with E-state index in [1.54, 1.807) is 49.1 Å². The molecule has 0 aliphatic heterocycles. The van der Waals surface area contributed by atoms with E-state index in [-0.39, 0.29) is 38.5 Å². The van der Waals surface area contributed by atoms with Crippen LogP contribution in [0.5, 0.6) is 0 Å². The summed E-state index contributed by atoms with van der Waals surface area (Å²) in [5, 5.41) is 6.12. The van der Waals surface area contributed by atoms with Crippen molar-refractivity contribution >= 4 is 11.6 Å². The van der Waals surface area contributed by atoms with Gasteiger partial charge in [-0.15, -0.1) is 0 Å². The van der Waals surface area contributed by atoms with Crippen LogP contribution in [0.15, 0.2) is 103 Å². The Hall–Kier alpha value is -2.85. The van der Waals surface area contributed by atoms with Crippen molar-refractivity contribution in [1.29, 1.82) is 0 Å². The summed E-state index contributed by atoms with van der Waals surface area (Å²) < 4.78 is 0. The van der Waals surface area contributed by atoms with Crippen molar-refractivity contribution in [3.63, 3.8) is 0 Å². The Labute approximate surface area is 179 Å². The van der Waals surface area contributed by atoms with Gasteiger partial charge in [-0.3, -0.25) is 14.6 Å². The van der Waals surface area contributed by atoms with Gasteiger partial charge in [0, 0.05) is 68.5 Å². The molecule has 28 heavy (non-hydrogen) atoms. The smallest absolute Gasteiger partial charge is 0.187 e. The van der Waals surface area contributed by atoms with Crippen LogP contribution >= 0.6 is 0 Å². The van der Waals surface area contributed by atoms with Crippen molar-refractivity contribution in [3.8, 4) is 0 Å². The summed E-state index contributed by atoms with van der Waals surface area (Å²) in [6.07, 6.45) is 20.6. The van der Waals surface area contributed by atoms with Gasteiger partial charge in [0.25, 0.3) is 0 Å². The van der Waals surface area contributed by atoms with Gasteiger partial charge in [0.05, 0.1) is 0 Å². The molecule has 0 atom stereocenters. The molecule has 1 aromatic heterocycles. The second-order valence-electron chi connectivity index (χ2n) is 5.30. The topological polar surface area (TPSA) is 71.1 Å². The quantitative estimate of drug-likeness (QED) is 0.303. The Bertz CT molecular complexity index is 713. The summed E-state index contributed by atoms with van der Waals surface area (Å²) in [7, 11) is 0. The molecule has 0 spiro atoms. The van der Waals surface area contributed by atoms with E-state index in [1.807, 2.05) is 30.4 Å². The van der Waals surface area contributed by atoms with Crippen LogP contribution in [-0.4, -0.2) is 29.6 Å². The molecule has 0 saturated carbocycles. The Morgan fingerprint density at radius 2 is 1.14 bits per heavy atom. The van der Waals surface area contributed by atoms with Crippen molar-refractivity contribution in [2.24, 2.45) is 0 Å². The first-order valence-corrected chi connectivity index (χ1v) is 8.27. The monoisotopic (exact) mass is 465 g/mol. The van der Waals surface area contributed by atoms with Crippen molar-refractivity contribution in [1.82, 2.24) is 15.6 Å². The normalized spacial score (nSPS) is 16.7. The second-order valence-corrected chi connectivity index (χ2v) is 5.30. The summed E-state index contributed by atoms with van der Waals surface area (Å²) >= 11 is 0. The molecule has 0 amide bonds. The molecule has 5 nitrogen and oxygen atoms in total. The van der Waals surface area contributed by atoms with E-state index >= 15 is 0 Å². The molecule has 149 valence electrons. The standard InChI is InChI=1S/C16H16N2O2.C5H5N.CH3.Rh/c19-15-7-3-1-5-13(15)11-17-9-10-18-12-14-6-2-4-8-16(14)20;1-2-4-6-5-3-1;;/h1-8,11-12,17-18H,9-10H2;1-5H;1H3;/q;;-1;. The van der Waals surface area contributed by atoms with E-state index in [1.165, 1.54) is 12.2 Å². The van der Waals surface area contributed by atoms with Gasteiger partial charge >= 0.3 is 0 Å². The average Bonchev–Trinajstić information content (AvgIpc) is 2.69. The van der Waals surface area contributed by atoms with Gasteiger partial charge in [-0.05, 0) is 36.4 Å². The van der Waals surface area contributed by atoms with E-state index in [4.69, 9.17) is 0 Å². The Morgan fingerprint density at radius 1 is 0.714 bits per heavy atom. The van der Waals surface area contributed by atoms with Gasteiger partial charge in [0.2, 0.25) is 0 Å². The molecule has 0 fully saturated rings. The maximum Gasteiger partial charge on any atom is 0.187 e. The molecule has 2 aliphatic carbocycles. The molecule has 1 aromatic rings. The van der Waals surface area contributed by atoms with Crippen molar-refractivity contribution in [2.45, 2.75) is 0 Å². The third-order valence-electron chi connectivity index (χ3n) is 3.33. The third kappa shape index (κ3) is 9.74. The third-order valence-corrected chi connectivity index (χ3v) is 3.33. The minimum absolute atomic E-state index is 0. The molecule has 0 unspecified atom stereocenters. The first-order valence-electron chi connectivity index (χ1n) is 8.27. The van der Waals surface area contributed by atoms with Crippen LogP contribution in [0.4, 0.5) is 0 Å². The van der Waals surface area contributed by atoms with E-state index in [2.05, 4.69) is 15.6 Å². The average molecular weight is 465 g/mol. The van der Waals surface area contributed by atoms with Gasteiger partial charge < -0.3 is 18.1 Å². The number of hydrogen-bond donors (Lipinski definition) is 2. The van der Waals surface area contributed by atoms with Crippen LogP contribution in [0.2, 0.25) is 0 Å². The SMILES string of the molecule is O=C1C=CC=CC1=CNCCNC=C1C=CC=CC1=O.[CH3-].[Rh].c1ccncc1. The number of hydrogen-bond acceptors (Lipinski definition) is 5. The van der Waals surface area contributed by atoms with Gasteiger partial charge in [-0.1, -0.05) is 30.4 Å². The number of allylic oxidation sites excluding steroid dienone is 10. The first-order chi connectivity index (χ1) is 12.8. The summed E-state index contributed by atoms with van der Waals surface area (Å²) in [5.74, 6) is -0.000363. The molecule has 2 aliphatic rings. The van der Waals surface area contributed by atoms with Crippen LogP contribution in [0.3, 0.4) is 0 Å². The van der Waals surface area contributed by atoms with Crippen molar-refractivity contribution in [3.05, 3.63) is 110 Å². The minimum atomic E-state index is -0.000182. The molecular formula is C22H24N3O2Rh-. The maximum absolute atomic E-state index is 11.4. The van der Waals surface area contributed by atoms with E-state index in [9.17, 15) is 9.59 Å². The van der Waals surface area contributed by atoms with Gasteiger partial charge in [0.1, 0.15) is 0 Å². The van der Waals surface area contributed by atoms with Gasteiger partial charge in [0.15, 0.2) is 11.6 Å². The summed E-state index contributed by atoms with van der Waals surface area (Å²) in [6.45, 7) is 1.32. The fourth-order valence-electron chi connectivity index (χ4n) is 2.02. The first kappa shape index (κ1) is 25.2. The molecule has 0 saturated heterocycles. The maximum atomic E-state index is 11.4. The van der Waals surface area contributed by atoms with Crippen LogP contribution in [0.25, 0.3) is 0 Å². The number of rotatable bonds is 5. The summed E-state index contributed by atoms with van der Waals surface area (Å²) in [4.78, 5) is 26.7. The zero-order valence-electron chi connectivity index (χ0n) is 15.7. The van der Waals surface area contributed by atoms with Crippen molar-refractivity contribution < 1.29 is 29.1 Å². The fourth-order valence-corrected chi connectivity index (χ4v) is 2.02. The fraction of sp³-hybridized carbons (Fsp3) is 0.0909. The van der Waals surface area contributed by atoms with Crippen LogP contribution in [-0.2, 0) is 29.1 Å². The van der Waals surface area contributed by atoms with E-state index in [0.717, 1.165) is 0 Å². The number of pyridine rings is 1. The number of nitrogens with one attached hydrogen (secondary N) is 2. The minimum Gasteiger partial charge on any atom is -0.389 e. The molecule has 2 N–H and O–H groups in total. The van der Waals surface area contributed by atoms with Crippen LogP contribution < -0.4 is 10.6 Å². The van der Waals surface area contributed by atoms with Crippen LogP contribution in [0.1, 0.15) is 0 Å². The summed E-state index contributed by atoms with van der Waals surface area (Å²) in [5.41, 5.74) is 1.28. The zero-order valence-corrected chi connectivity index (χ0v) is 17.3. The Balaban J connectivity index is 0.000000782. The molecule has 0 aromatic carbocycles. The van der Waals surface area contributed by atoms with E-state index < -0.39 is 0 Å². The van der Waals surface area contributed by atoms with Gasteiger partial charge in [-0.2, -0.15) is 0 Å². The van der Waals surface area contributed by atoms with Gasteiger partial charge in [-0.25, -0.2) is 0 Å². The number of aromatic nitrogens is 1. The number of nitrogens with zero attached hydrogens (tertiary/aromatic N) is 1. The molecule has 0 bridgehead atoms. The summed E-state index contributed by atoms with van der Waals surface area (Å²) in [6, 6.07) is 5.72. The van der Waals surface area contributed by atoms with Crippen molar-refractivity contribution in [2.75, 3.05) is 13.1 Å². The largest absolute Gasteiger partial charge is 0.389 e. The zero-order chi connectivity index (χ0) is 18.5. The Morgan fingerprint density at radius 3 is 1.46 bits per heavy atom. The predicted molar refractivity (Wildman–Crippen MR) is 109 cm³/mol. The molecule has 6 heteroatoms. The Kier molecular flexibility index (Phi) is 13.7.